The highest BCUT2D eigenvalue weighted by Gasteiger charge is 2.71. The van der Waals surface area contributed by atoms with E-state index in [1.807, 2.05) is 6.92 Å². The Morgan fingerprint density at radius 1 is 1.32 bits per heavy atom. The van der Waals surface area contributed by atoms with Crippen LogP contribution in [-0.4, -0.2) is 58.8 Å². The maximum Gasteiger partial charge on any atom is 0.343 e. The lowest BCUT2D eigenvalue weighted by Gasteiger charge is -2.50. The van der Waals surface area contributed by atoms with Gasteiger partial charge in [0.2, 0.25) is 11.4 Å². The largest absolute Gasteiger partial charge is 0.464 e. The zero-order valence-corrected chi connectivity index (χ0v) is 13.4. The maximum absolute atomic E-state index is 12.5. The lowest BCUT2D eigenvalue weighted by atomic mass is 9.79. The first-order valence-electron chi connectivity index (χ1n) is 7.68. The van der Waals surface area contributed by atoms with Crippen molar-refractivity contribution in [1.82, 2.24) is 4.90 Å². The van der Waals surface area contributed by atoms with E-state index in [0.717, 1.165) is 0 Å². The van der Waals surface area contributed by atoms with Crippen molar-refractivity contribution in [3.05, 3.63) is 0 Å². The van der Waals surface area contributed by atoms with Gasteiger partial charge >= 0.3 is 11.9 Å². The van der Waals surface area contributed by atoms with E-state index in [4.69, 9.17) is 9.47 Å². The fourth-order valence-electron chi connectivity index (χ4n) is 3.71. The molecule has 0 spiro atoms. The molecule has 0 saturated carbocycles. The Kier molecular flexibility index (Phi) is 4.47. The summed E-state index contributed by atoms with van der Waals surface area (Å²) in [6.07, 6.45) is -0.666. The third-order valence-electron chi connectivity index (χ3n) is 4.55. The van der Waals surface area contributed by atoms with Gasteiger partial charge in [0, 0.05) is 0 Å². The van der Waals surface area contributed by atoms with Gasteiger partial charge in [-0.2, -0.15) is 0 Å². The second kappa shape index (κ2) is 5.87. The molecule has 0 aromatic rings. The molecule has 0 unspecified atom stereocenters. The second-order valence-corrected chi connectivity index (χ2v) is 5.95. The van der Waals surface area contributed by atoms with E-state index in [0.29, 0.717) is 0 Å². The lowest BCUT2D eigenvalue weighted by Crippen LogP contribution is -2.72. The highest BCUT2D eigenvalue weighted by Crippen LogP contribution is 2.50. The molecule has 2 rings (SSSR count). The van der Waals surface area contributed by atoms with Gasteiger partial charge in [-0.25, -0.2) is 9.59 Å². The van der Waals surface area contributed by atoms with E-state index in [2.05, 4.69) is 0 Å². The van der Waals surface area contributed by atoms with Crippen LogP contribution in [0.4, 0.5) is 0 Å². The second-order valence-electron chi connectivity index (χ2n) is 5.95. The first-order chi connectivity index (χ1) is 10.3. The Hall–Kier alpha value is -1.63. The quantitative estimate of drug-likeness (QED) is 0.439. The number of aliphatic hydroxyl groups is 1. The van der Waals surface area contributed by atoms with Crippen molar-refractivity contribution >= 4 is 17.8 Å². The molecule has 2 saturated heterocycles. The Morgan fingerprint density at radius 3 is 2.23 bits per heavy atom. The molecule has 1 N–H and O–H groups in total. The summed E-state index contributed by atoms with van der Waals surface area (Å²) < 4.78 is 10.1. The molecule has 4 atom stereocenters. The van der Waals surface area contributed by atoms with Crippen molar-refractivity contribution in [3.63, 3.8) is 0 Å². The molecule has 2 aliphatic rings. The van der Waals surface area contributed by atoms with Gasteiger partial charge in [-0.15, -0.1) is 0 Å². The van der Waals surface area contributed by atoms with Crippen molar-refractivity contribution in [2.24, 2.45) is 11.8 Å². The van der Waals surface area contributed by atoms with E-state index in [1.54, 1.807) is 20.8 Å². The van der Waals surface area contributed by atoms with Gasteiger partial charge in [0.25, 0.3) is 0 Å². The summed E-state index contributed by atoms with van der Waals surface area (Å²) in [5, 5.41) is 9.78. The molecule has 2 fully saturated rings. The van der Waals surface area contributed by atoms with Crippen LogP contribution in [0.3, 0.4) is 0 Å². The number of fused-ring (bicyclic) bond motifs is 1. The Bertz CT molecular complexity index is 470. The Morgan fingerprint density at radius 2 is 1.82 bits per heavy atom. The normalized spacial score (nSPS) is 30.3. The van der Waals surface area contributed by atoms with Crippen molar-refractivity contribution in [2.75, 3.05) is 13.2 Å². The minimum atomic E-state index is -1.71. The van der Waals surface area contributed by atoms with Crippen molar-refractivity contribution in [3.8, 4) is 0 Å². The predicted octanol–water partition coefficient (Wildman–Crippen LogP) is 0.0990. The summed E-state index contributed by atoms with van der Waals surface area (Å²) >= 11 is 0. The number of aliphatic hydroxyl groups excluding tert-OH is 1. The van der Waals surface area contributed by atoms with Gasteiger partial charge in [0.05, 0.1) is 31.3 Å². The number of nitrogens with zero attached hydrogens (tertiary/aromatic N) is 1. The topological polar surface area (TPSA) is 93.1 Å². The van der Waals surface area contributed by atoms with Gasteiger partial charge < -0.3 is 19.5 Å². The number of rotatable bonds is 5. The number of esters is 2. The van der Waals surface area contributed by atoms with E-state index >= 15 is 0 Å². The maximum atomic E-state index is 12.5. The number of hydrogen-bond donors (Lipinski definition) is 1. The van der Waals surface area contributed by atoms with Crippen LogP contribution in [0.2, 0.25) is 0 Å². The first kappa shape index (κ1) is 16.7. The van der Waals surface area contributed by atoms with E-state index in [-0.39, 0.29) is 31.6 Å². The summed E-state index contributed by atoms with van der Waals surface area (Å²) in [6, 6.07) is -0.346. The molecule has 0 aromatic carbocycles. The lowest BCUT2D eigenvalue weighted by molar-refractivity contribution is -0.192. The summed E-state index contributed by atoms with van der Waals surface area (Å²) in [5.41, 5.74) is -1.71. The first-order valence-corrected chi connectivity index (χ1v) is 7.68. The number of carbonyl (C=O) groups is 3. The Balaban J connectivity index is 2.41. The van der Waals surface area contributed by atoms with Gasteiger partial charge in [-0.1, -0.05) is 6.92 Å². The molecule has 22 heavy (non-hydrogen) atoms. The number of carbonyl (C=O) groups excluding carboxylic acids is 3. The van der Waals surface area contributed by atoms with Crippen LogP contribution < -0.4 is 0 Å². The van der Waals surface area contributed by atoms with E-state index in [9.17, 15) is 19.5 Å². The minimum absolute atomic E-state index is 0.105. The average molecular weight is 313 g/mol. The molecule has 124 valence electrons. The van der Waals surface area contributed by atoms with Crippen LogP contribution in [0, 0.1) is 11.8 Å². The molecule has 0 bridgehead atoms. The number of hydrogen-bond acceptors (Lipinski definition) is 6. The monoisotopic (exact) mass is 313 g/mol. The average Bonchev–Trinajstić information content (AvgIpc) is 2.69. The smallest absolute Gasteiger partial charge is 0.343 e. The summed E-state index contributed by atoms with van der Waals surface area (Å²) in [7, 11) is 0. The van der Waals surface area contributed by atoms with Crippen LogP contribution in [0.1, 0.15) is 34.1 Å². The van der Waals surface area contributed by atoms with Crippen molar-refractivity contribution in [1.29, 1.82) is 0 Å². The third kappa shape index (κ3) is 2.10. The third-order valence-corrected chi connectivity index (χ3v) is 4.55. The fourth-order valence-corrected chi connectivity index (χ4v) is 3.71. The van der Waals surface area contributed by atoms with Crippen LogP contribution in [0.25, 0.3) is 0 Å². The van der Waals surface area contributed by atoms with Gasteiger partial charge in [0.15, 0.2) is 0 Å². The molecule has 7 heteroatoms. The molecule has 2 heterocycles. The highest BCUT2D eigenvalue weighted by molar-refractivity contribution is 6.10. The van der Waals surface area contributed by atoms with Crippen molar-refractivity contribution in [2.45, 2.75) is 51.8 Å². The predicted molar refractivity (Wildman–Crippen MR) is 75.6 cm³/mol. The summed E-state index contributed by atoms with van der Waals surface area (Å²) in [5.74, 6) is -2.59. The number of amides is 1. The molecule has 0 aromatic heterocycles. The zero-order chi connectivity index (χ0) is 16.7. The number of β-lactam (4-membered cyclic amide) rings is 1. The highest BCUT2D eigenvalue weighted by atomic mass is 16.6. The summed E-state index contributed by atoms with van der Waals surface area (Å²) in [6.45, 7) is 6.91. The molecule has 1 amide bonds. The molecular formula is C15H23NO6. The van der Waals surface area contributed by atoms with Crippen molar-refractivity contribution < 1.29 is 29.0 Å². The van der Waals surface area contributed by atoms with Gasteiger partial charge in [-0.3, -0.25) is 4.79 Å². The summed E-state index contributed by atoms with van der Waals surface area (Å²) in [4.78, 5) is 38.6. The molecule has 7 nitrogen and oxygen atoms in total. The standard InChI is InChI=1S/C15H23NO6/c1-5-21-13(19)15(14(20)22-6-2)7-8(3)11-10(9(4)17)12(18)16(11)15/h8-11,17H,5-7H2,1-4H3/t8-,9+,10+,11+/m0/s1. The van der Waals surface area contributed by atoms with Crippen LogP contribution in [-0.2, 0) is 23.9 Å². The Labute approximate surface area is 129 Å². The zero-order valence-electron chi connectivity index (χ0n) is 13.4. The minimum Gasteiger partial charge on any atom is -0.464 e. The van der Waals surface area contributed by atoms with E-state index < -0.39 is 35.4 Å². The SMILES string of the molecule is CCOC(=O)C1(C(=O)OCC)C[C@H](C)[C@@H]2[C@@H]([C@@H](C)O)C(=O)N21. The van der Waals surface area contributed by atoms with Crippen LogP contribution in [0.15, 0.2) is 0 Å². The molecular weight excluding hydrogens is 290 g/mol. The van der Waals surface area contributed by atoms with Crippen LogP contribution >= 0.6 is 0 Å². The van der Waals surface area contributed by atoms with Gasteiger partial charge in [0.1, 0.15) is 0 Å². The molecule has 2 aliphatic heterocycles. The molecule has 0 aliphatic carbocycles. The van der Waals surface area contributed by atoms with E-state index in [1.165, 1.54) is 4.90 Å². The van der Waals surface area contributed by atoms with Crippen LogP contribution in [0.5, 0.6) is 0 Å². The fraction of sp³-hybridized carbons (Fsp3) is 0.800. The number of ether oxygens (including phenoxy) is 2. The van der Waals surface area contributed by atoms with Gasteiger partial charge in [-0.05, 0) is 33.1 Å². The molecule has 0 radical (unpaired) electrons.